The Morgan fingerprint density at radius 1 is 1.00 bits per heavy atom. The Labute approximate surface area is 209 Å². The first kappa shape index (κ1) is 27.0. The van der Waals surface area contributed by atoms with Crippen molar-refractivity contribution < 1.29 is 32.2 Å². The number of carbonyl (C=O) groups is 1. The predicted octanol–water partition coefficient (Wildman–Crippen LogP) is 8.06. The van der Waals surface area contributed by atoms with E-state index in [1.54, 1.807) is 13.0 Å². The standard InChI is InChI=1S/C28H30F3NO4/c1-4-6-10-26(36-23-16-13-21(19(3)17-23)18-35-27(33)34-5-2)25-9-7-8-24(32-25)20-11-14-22(15-12-20)28(29,30)31/h7-9,11-17,26H,4-6,10,18H2,1-3H3/t26-/m0/s1. The molecule has 2 aromatic carbocycles. The van der Waals surface area contributed by atoms with E-state index in [0.717, 1.165) is 42.5 Å². The van der Waals surface area contributed by atoms with Crippen LogP contribution in [-0.2, 0) is 22.3 Å². The molecule has 0 aliphatic heterocycles. The lowest BCUT2D eigenvalue weighted by molar-refractivity contribution is -0.137. The van der Waals surface area contributed by atoms with E-state index >= 15 is 0 Å². The van der Waals surface area contributed by atoms with Gasteiger partial charge in [0.1, 0.15) is 18.5 Å². The molecule has 1 atom stereocenters. The van der Waals surface area contributed by atoms with Crippen LogP contribution in [0.4, 0.5) is 18.0 Å². The smallest absolute Gasteiger partial charge is 0.484 e. The Kier molecular flexibility index (Phi) is 9.33. The molecule has 0 aliphatic carbocycles. The molecule has 0 bridgehead atoms. The monoisotopic (exact) mass is 501 g/mol. The third-order valence-corrected chi connectivity index (χ3v) is 5.63. The van der Waals surface area contributed by atoms with E-state index in [4.69, 9.17) is 19.2 Å². The molecule has 0 fully saturated rings. The van der Waals surface area contributed by atoms with Crippen molar-refractivity contribution in [2.45, 2.75) is 58.9 Å². The number of nitrogens with zero attached hydrogens (tertiary/aromatic N) is 1. The van der Waals surface area contributed by atoms with E-state index in [1.165, 1.54) is 12.1 Å². The van der Waals surface area contributed by atoms with Gasteiger partial charge in [-0.25, -0.2) is 9.78 Å². The van der Waals surface area contributed by atoms with Crippen molar-refractivity contribution in [1.29, 1.82) is 0 Å². The largest absolute Gasteiger partial charge is 0.508 e. The summed E-state index contributed by atoms with van der Waals surface area (Å²) in [5.74, 6) is 0.648. The quantitative estimate of drug-likeness (QED) is 0.263. The maximum atomic E-state index is 12.9. The summed E-state index contributed by atoms with van der Waals surface area (Å²) >= 11 is 0. The molecule has 0 aliphatic rings. The highest BCUT2D eigenvalue weighted by Crippen LogP contribution is 2.32. The molecular formula is C28H30F3NO4. The first-order valence-corrected chi connectivity index (χ1v) is 11.9. The van der Waals surface area contributed by atoms with Crippen LogP contribution in [0.5, 0.6) is 5.75 Å². The first-order valence-electron chi connectivity index (χ1n) is 11.9. The van der Waals surface area contributed by atoms with Gasteiger partial charge in [-0.1, -0.05) is 37.6 Å². The second kappa shape index (κ2) is 12.4. The molecule has 3 aromatic rings. The highest BCUT2D eigenvalue weighted by Gasteiger charge is 2.30. The molecule has 3 rings (SSSR count). The molecule has 0 radical (unpaired) electrons. The molecule has 1 aromatic heterocycles. The molecule has 0 saturated carbocycles. The van der Waals surface area contributed by atoms with Crippen LogP contribution in [-0.4, -0.2) is 17.7 Å². The molecule has 0 saturated heterocycles. The molecule has 1 heterocycles. The van der Waals surface area contributed by atoms with Gasteiger partial charge in [0.2, 0.25) is 0 Å². The minimum absolute atomic E-state index is 0.0982. The van der Waals surface area contributed by atoms with Gasteiger partial charge in [0.05, 0.1) is 23.6 Å². The zero-order valence-corrected chi connectivity index (χ0v) is 20.6. The topological polar surface area (TPSA) is 57.7 Å². The lowest BCUT2D eigenvalue weighted by atomic mass is 10.0. The Morgan fingerprint density at radius 3 is 2.39 bits per heavy atom. The van der Waals surface area contributed by atoms with E-state index in [0.29, 0.717) is 22.7 Å². The average molecular weight is 502 g/mol. The van der Waals surface area contributed by atoms with Crippen LogP contribution in [0.25, 0.3) is 11.3 Å². The van der Waals surface area contributed by atoms with Crippen LogP contribution >= 0.6 is 0 Å². The van der Waals surface area contributed by atoms with Crippen molar-refractivity contribution in [2.24, 2.45) is 0 Å². The Bertz CT molecular complexity index is 1150. The number of carbonyl (C=O) groups excluding carboxylic acids is 1. The third kappa shape index (κ3) is 7.47. The van der Waals surface area contributed by atoms with Crippen LogP contribution in [0, 0.1) is 6.92 Å². The number of ether oxygens (including phenoxy) is 3. The summed E-state index contributed by atoms with van der Waals surface area (Å²) in [4.78, 5) is 16.2. The fourth-order valence-electron chi connectivity index (χ4n) is 3.64. The highest BCUT2D eigenvalue weighted by atomic mass is 19.4. The van der Waals surface area contributed by atoms with Crippen molar-refractivity contribution in [1.82, 2.24) is 4.98 Å². The molecular weight excluding hydrogens is 471 g/mol. The summed E-state index contributed by atoms with van der Waals surface area (Å²) in [6.07, 6.45) is -2.81. The summed E-state index contributed by atoms with van der Waals surface area (Å²) in [7, 11) is 0. The molecule has 5 nitrogen and oxygen atoms in total. The summed E-state index contributed by atoms with van der Waals surface area (Å²) < 4.78 is 55.0. The van der Waals surface area contributed by atoms with Crippen molar-refractivity contribution in [3.8, 4) is 17.0 Å². The average Bonchev–Trinajstić information content (AvgIpc) is 2.86. The fourth-order valence-corrected chi connectivity index (χ4v) is 3.64. The molecule has 8 heteroatoms. The van der Waals surface area contributed by atoms with Crippen molar-refractivity contribution in [3.63, 3.8) is 0 Å². The number of unbranched alkanes of at least 4 members (excludes halogenated alkanes) is 1. The van der Waals surface area contributed by atoms with Gasteiger partial charge in [-0.2, -0.15) is 13.2 Å². The maximum Gasteiger partial charge on any atom is 0.508 e. The normalized spacial score (nSPS) is 12.2. The van der Waals surface area contributed by atoms with Crippen LogP contribution in [0.1, 0.15) is 61.6 Å². The van der Waals surface area contributed by atoms with Gasteiger partial charge in [-0.3, -0.25) is 0 Å². The van der Waals surface area contributed by atoms with E-state index < -0.39 is 17.9 Å². The number of alkyl halides is 3. The van der Waals surface area contributed by atoms with Crippen LogP contribution in [0.15, 0.2) is 60.7 Å². The molecule has 36 heavy (non-hydrogen) atoms. The predicted molar refractivity (Wildman–Crippen MR) is 131 cm³/mol. The van der Waals surface area contributed by atoms with Crippen molar-refractivity contribution >= 4 is 6.16 Å². The van der Waals surface area contributed by atoms with Gasteiger partial charge >= 0.3 is 12.3 Å². The van der Waals surface area contributed by atoms with E-state index in [-0.39, 0.29) is 19.3 Å². The number of halogens is 3. The summed E-state index contributed by atoms with van der Waals surface area (Å²) in [5.41, 5.74) is 2.92. The summed E-state index contributed by atoms with van der Waals surface area (Å²) in [5, 5.41) is 0. The van der Waals surface area contributed by atoms with Gasteiger partial charge < -0.3 is 14.2 Å². The second-order valence-corrected chi connectivity index (χ2v) is 8.33. The molecule has 0 unspecified atom stereocenters. The number of pyridine rings is 1. The number of hydrogen-bond acceptors (Lipinski definition) is 5. The van der Waals surface area contributed by atoms with Crippen molar-refractivity contribution in [3.05, 3.63) is 83.0 Å². The minimum atomic E-state index is -4.38. The number of aromatic nitrogens is 1. The lowest BCUT2D eigenvalue weighted by Crippen LogP contribution is -2.11. The molecule has 192 valence electrons. The third-order valence-electron chi connectivity index (χ3n) is 5.63. The second-order valence-electron chi connectivity index (χ2n) is 8.33. The number of rotatable bonds is 10. The van der Waals surface area contributed by atoms with Crippen molar-refractivity contribution in [2.75, 3.05) is 6.61 Å². The molecule has 0 N–H and O–H groups in total. The SMILES string of the molecule is CCCC[C@H](Oc1ccc(COC(=O)OCC)c(C)c1)c1cccc(-c2ccc(C(F)(F)F)cc2)n1. The van der Waals surface area contributed by atoms with E-state index in [9.17, 15) is 18.0 Å². The van der Waals surface area contributed by atoms with Crippen LogP contribution in [0.2, 0.25) is 0 Å². The van der Waals surface area contributed by atoms with E-state index in [1.807, 2.05) is 37.3 Å². The number of aryl methyl sites for hydroxylation is 1. The Morgan fingerprint density at radius 2 is 1.75 bits per heavy atom. The Hall–Kier alpha value is -3.55. The first-order chi connectivity index (χ1) is 17.2. The van der Waals surface area contributed by atoms with Gasteiger partial charge in [0.15, 0.2) is 0 Å². The molecule has 0 spiro atoms. The maximum absolute atomic E-state index is 12.9. The summed E-state index contributed by atoms with van der Waals surface area (Å²) in [6.45, 7) is 6.05. The zero-order chi connectivity index (χ0) is 26.1. The van der Waals surface area contributed by atoms with Gasteiger partial charge in [0, 0.05) is 5.56 Å². The van der Waals surface area contributed by atoms with Gasteiger partial charge in [-0.15, -0.1) is 0 Å². The highest BCUT2D eigenvalue weighted by molar-refractivity contribution is 5.60. The van der Waals surface area contributed by atoms with Gasteiger partial charge in [0.25, 0.3) is 0 Å². The minimum Gasteiger partial charge on any atom is -0.484 e. The number of benzene rings is 2. The lowest BCUT2D eigenvalue weighted by Gasteiger charge is -2.20. The summed E-state index contributed by atoms with van der Waals surface area (Å²) in [6, 6.07) is 16.0. The number of hydrogen-bond donors (Lipinski definition) is 0. The molecule has 0 amide bonds. The van der Waals surface area contributed by atoms with E-state index in [2.05, 4.69) is 6.92 Å². The van der Waals surface area contributed by atoms with Crippen LogP contribution < -0.4 is 4.74 Å². The zero-order valence-electron chi connectivity index (χ0n) is 20.6. The van der Waals surface area contributed by atoms with Gasteiger partial charge in [-0.05, 0) is 74.2 Å². The fraction of sp³-hybridized carbons (Fsp3) is 0.357. The van der Waals surface area contributed by atoms with Crippen LogP contribution in [0.3, 0.4) is 0 Å². The Balaban J connectivity index is 1.78.